The number of nitrogens with two attached hydrogens (primary N) is 1. The smallest absolute Gasteiger partial charge is 0.134 e. The summed E-state index contributed by atoms with van der Waals surface area (Å²) in [7, 11) is 0. The second-order valence-electron chi connectivity index (χ2n) is 6.82. The molecule has 0 radical (unpaired) electrons. The Balaban J connectivity index is 1.96. The lowest BCUT2D eigenvalue weighted by molar-refractivity contribution is 0.980. The third kappa shape index (κ3) is 3.56. The molecule has 2 N–H and O–H groups in total. The van der Waals surface area contributed by atoms with Crippen LogP contribution in [-0.4, -0.2) is 9.97 Å². The summed E-state index contributed by atoms with van der Waals surface area (Å²) in [5.74, 6) is 0.473. The van der Waals surface area contributed by atoms with Crippen molar-refractivity contribution in [1.29, 1.82) is 0 Å². The minimum atomic E-state index is 0.473. The van der Waals surface area contributed by atoms with Crippen LogP contribution in [-0.2, 0) is 0 Å². The van der Waals surface area contributed by atoms with E-state index in [0.29, 0.717) is 15.9 Å². The molecule has 140 valence electrons. The van der Waals surface area contributed by atoms with E-state index in [4.69, 9.17) is 28.9 Å². The predicted molar refractivity (Wildman–Crippen MR) is 119 cm³/mol. The van der Waals surface area contributed by atoms with Crippen molar-refractivity contribution in [2.45, 2.75) is 19.8 Å². The van der Waals surface area contributed by atoms with Gasteiger partial charge in [0.05, 0.1) is 5.52 Å². The molecule has 3 nitrogen and oxygen atoms in total. The zero-order chi connectivity index (χ0) is 19.7. The summed E-state index contributed by atoms with van der Waals surface area (Å²) in [6.45, 7) is 2.16. The number of nitrogen functional groups attached to an aromatic ring is 1. The van der Waals surface area contributed by atoms with E-state index in [2.05, 4.69) is 41.2 Å². The Kier molecular flexibility index (Phi) is 5.21. The molecule has 0 spiro atoms. The van der Waals surface area contributed by atoms with Crippen molar-refractivity contribution in [2.24, 2.45) is 0 Å². The van der Waals surface area contributed by atoms with Gasteiger partial charge in [0, 0.05) is 21.0 Å². The molecule has 0 saturated carbocycles. The van der Waals surface area contributed by atoms with Crippen LogP contribution in [0.2, 0.25) is 10.0 Å². The van der Waals surface area contributed by atoms with E-state index >= 15 is 0 Å². The lowest BCUT2D eigenvalue weighted by Crippen LogP contribution is -1.99. The van der Waals surface area contributed by atoms with Gasteiger partial charge in [0.15, 0.2) is 0 Å². The standard InChI is InChI=1S/C23H19Cl2N3/c1-14-5-3-2-4-6-17(22(14)18-9-8-16(24)12-20(18)25)15-7-10-21-19(11-15)23(26)28-13-27-21/h2,4,6-13H,3,5H2,1H3,(H2,26,27,28). The Labute approximate surface area is 174 Å². The minimum absolute atomic E-state index is 0.473. The van der Waals surface area contributed by atoms with Crippen molar-refractivity contribution in [3.63, 3.8) is 0 Å². The molecule has 2 aromatic carbocycles. The fraction of sp³-hybridized carbons (Fsp3) is 0.130. The lowest BCUT2D eigenvalue weighted by atomic mass is 9.86. The summed E-state index contributed by atoms with van der Waals surface area (Å²) >= 11 is 12.7. The van der Waals surface area contributed by atoms with Gasteiger partial charge in [-0.05, 0) is 60.7 Å². The highest BCUT2D eigenvalue weighted by molar-refractivity contribution is 6.36. The molecule has 0 bridgehead atoms. The van der Waals surface area contributed by atoms with E-state index in [1.165, 1.54) is 11.9 Å². The number of hydrogen-bond acceptors (Lipinski definition) is 3. The monoisotopic (exact) mass is 407 g/mol. The van der Waals surface area contributed by atoms with E-state index in [0.717, 1.165) is 46.0 Å². The highest BCUT2D eigenvalue weighted by Gasteiger charge is 2.18. The van der Waals surface area contributed by atoms with Gasteiger partial charge in [-0.3, -0.25) is 0 Å². The number of rotatable bonds is 2. The molecule has 1 heterocycles. The molecule has 28 heavy (non-hydrogen) atoms. The molecule has 0 fully saturated rings. The van der Waals surface area contributed by atoms with Gasteiger partial charge in [0.25, 0.3) is 0 Å². The number of nitrogens with zero attached hydrogens (tertiary/aromatic N) is 2. The van der Waals surface area contributed by atoms with Crippen LogP contribution in [0.4, 0.5) is 5.82 Å². The Bertz CT molecular complexity index is 1160. The lowest BCUT2D eigenvalue weighted by Gasteiger charge is -2.20. The molecular formula is C23H19Cl2N3. The molecule has 4 rings (SSSR count). The van der Waals surface area contributed by atoms with E-state index in [1.807, 2.05) is 24.3 Å². The highest BCUT2D eigenvalue weighted by atomic mass is 35.5. The van der Waals surface area contributed by atoms with Gasteiger partial charge in [-0.25, -0.2) is 9.97 Å². The minimum Gasteiger partial charge on any atom is -0.383 e. The van der Waals surface area contributed by atoms with Crippen molar-refractivity contribution < 1.29 is 0 Å². The molecule has 1 aliphatic rings. The number of allylic oxidation sites excluding steroid dienone is 6. The van der Waals surface area contributed by atoms with E-state index < -0.39 is 0 Å². The summed E-state index contributed by atoms with van der Waals surface area (Å²) in [5.41, 5.74) is 12.4. The molecule has 1 aromatic heterocycles. The third-order valence-corrected chi connectivity index (χ3v) is 5.51. The Morgan fingerprint density at radius 3 is 2.71 bits per heavy atom. The number of benzene rings is 2. The summed E-state index contributed by atoms with van der Waals surface area (Å²) < 4.78 is 0. The van der Waals surface area contributed by atoms with Crippen LogP contribution >= 0.6 is 23.2 Å². The van der Waals surface area contributed by atoms with Crippen LogP contribution in [0.1, 0.15) is 30.9 Å². The van der Waals surface area contributed by atoms with Crippen LogP contribution in [0.25, 0.3) is 22.0 Å². The van der Waals surface area contributed by atoms with Crippen molar-refractivity contribution in [1.82, 2.24) is 9.97 Å². The molecular weight excluding hydrogens is 389 g/mol. The maximum Gasteiger partial charge on any atom is 0.134 e. The molecule has 0 unspecified atom stereocenters. The first kappa shape index (κ1) is 18.7. The Morgan fingerprint density at radius 2 is 1.89 bits per heavy atom. The van der Waals surface area contributed by atoms with Crippen molar-refractivity contribution in [3.05, 3.63) is 87.7 Å². The van der Waals surface area contributed by atoms with Crippen molar-refractivity contribution in [3.8, 4) is 0 Å². The van der Waals surface area contributed by atoms with Gasteiger partial charge in [-0.1, -0.05) is 59.1 Å². The Hall–Kier alpha value is -2.62. The van der Waals surface area contributed by atoms with Crippen LogP contribution in [0, 0.1) is 0 Å². The SMILES string of the molecule is CC1=C(c2ccc(Cl)cc2Cl)C(c2ccc3ncnc(N)c3c2)=CC=CCC1. The molecule has 0 saturated heterocycles. The predicted octanol–water partition coefficient (Wildman–Crippen LogP) is 6.73. The summed E-state index contributed by atoms with van der Waals surface area (Å²) in [4.78, 5) is 8.43. The van der Waals surface area contributed by atoms with Crippen LogP contribution in [0.3, 0.4) is 0 Å². The zero-order valence-electron chi connectivity index (χ0n) is 15.4. The first-order valence-electron chi connectivity index (χ1n) is 9.07. The third-order valence-electron chi connectivity index (χ3n) is 4.96. The number of fused-ring (bicyclic) bond motifs is 1. The molecule has 0 atom stereocenters. The summed E-state index contributed by atoms with van der Waals surface area (Å²) in [6.07, 6.45) is 9.84. The maximum absolute atomic E-state index is 6.59. The number of anilines is 1. The van der Waals surface area contributed by atoms with E-state index in [-0.39, 0.29) is 0 Å². The van der Waals surface area contributed by atoms with E-state index in [1.54, 1.807) is 6.07 Å². The van der Waals surface area contributed by atoms with E-state index in [9.17, 15) is 0 Å². The second-order valence-corrected chi connectivity index (χ2v) is 7.66. The van der Waals surface area contributed by atoms with Crippen LogP contribution in [0.5, 0.6) is 0 Å². The van der Waals surface area contributed by atoms with Gasteiger partial charge in [-0.2, -0.15) is 0 Å². The van der Waals surface area contributed by atoms with Gasteiger partial charge < -0.3 is 5.73 Å². The van der Waals surface area contributed by atoms with Gasteiger partial charge in [0.2, 0.25) is 0 Å². The Morgan fingerprint density at radius 1 is 1.04 bits per heavy atom. The normalized spacial score (nSPS) is 14.8. The fourth-order valence-corrected chi connectivity index (χ4v) is 4.05. The quantitative estimate of drug-likeness (QED) is 0.512. The van der Waals surface area contributed by atoms with Gasteiger partial charge in [-0.15, -0.1) is 0 Å². The average molecular weight is 408 g/mol. The highest BCUT2D eigenvalue weighted by Crippen LogP contribution is 2.40. The fourth-order valence-electron chi connectivity index (χ4n) is 3.55. The van der Waals surface area contributed by atoms with Gasteiger partial charge >= 0.3 is 0 Å². The number of hydrogen-bond donors (Lipinski definition) is 1. The molecule has 3 aromatic rings. The largest absolute Gasteiger partial charge is 0.383 e. The molecule has 0 amide bonds. The second kappa shape index (κ2) is 7.78. The number of aromatic nitrogens is 2. The molecule has 5 heteroatoms. The zero-order valence-corrected chi connectivity index (χ0v) is 16.9. The first-order valence-corrected chi connectivity index (χ1v) is 9.83. The summed E-state index contributed by atoms with van der Waals surface area (Å²) in [6, 6.07) is 11.7. The summed E-state index contributed by atoms with van der Waals surface area (Å²) in [5, 5.41) is 2.10. The maximum atomic E-state index is 6.59. The number of halogens is 2. The molecule has 1 aliphatic carbocycles. The average Bonchev–Trinajstić information content (AvgIpc) is 2.66. The van der Waals surface area contributed by atoms with Crippen LogP contribution in [0.15, 0.2) is 66.5 Å². The van der Waals surface area contributed by atoms with Gasteiger partial charge in [0.1, 0.15) is 12.1 Å². The topological polar surface area (TPSA) is 51.8 Å². The van der Waals surface area contributed by atoms with Crippen molar-refractivity contribution >= 4 is 51.1 Å². The first-order chi connectivity index (χ1) is 13.5. The van der Waals surface area contributed by atoms with Crippen LogP contribution < -0.4 is 5.73 Å². The molecule has 0 aliphatic heterocycles. The van der Waals surface area contributed by atoms with Crippen molar-refractivity contribution in [2.75, 3.05) is 5.73 Å².